The zero-order chi connectivity index (χ0) is 13.5. The maximum Gasteiger partial charge on any atom is 0.182 e. The monoisotopic (exact) mass is 264 g/mol. The standard InChI is InChI=1S/C14H17FN2S/c1-9-5-6-11(10(15)7-9)17-12(14(2,3)4)8-16-13(17)18/h5-8H,1-4H3,(H,16,18). The fourth-order valence-corrected chi connectivity index (χ4v) is 2.21. The highest BCUT2D eigenvalue weighted by atomic mass is 32.1. The first-order valence-corrected chi connectivity index (χ1v) is 6.29. The molecule has 0 saturated carbocycles. The zero-order valence-corrected chi connectivity index (χ0v) is 11.9. The molecule has 2 rings (SSSR count). The molecule has 4 heteroatoms. The van der Waals surface area contributed by atoms with Gasteiger partial charge in [0.2, 0.25) is 0 Å². The summed E-state index contributed by atoms with van der Waals surface area (Å²) in [5.74, 6) is -0.254. The van der Waals surface area contributed by atoms with E-state index in [-0.39, 0.29) is 11.2 Å². The maximum absolute atomic E-state index is 14.1. The van der Waals surface area contributed by atoms with Crippen LogP contribution in [0.5, 0.6) is 0 Å². The van der Waals surface area contributed by atoms with Gasteiger partial charge in [0.15, 0.2) is 4.77 Å². The molecular weight excluding hydrogens is 247 g/mol. The molecule has 1 aromatic heterocycles. The lowest BCUT2D eigenvalue weighted by atomic mass is 9.92. The summed E-state index contributed by atoms with van der Waals surface area (Å²) in [6.45, 7) is 8.10. The van der Waals surface area contributed by atoms with Crippen LogP contribution < -0.4 is 0 Å². The molecule has 0 aliphatic heterocycles. The van der Waals surface area contributed by atoms with Gasteiger partial charge in [-0.3, -0.25) is 4.57 Å². The van der Waals surface area contributed by atoms with Gasteiger partial charge in [0.05, 0.1) is 5.69 Å². The van der Waals surface area contributed by atoms with Crippen LogP contribution >= 0.6 is 12.2 Å². The SMILES string of the molecule is Cc1ccc(-n2c(C(C)(C)C)c[nH]c2=S)c(F)c1. The fraction of sp³-hybridized carbons (Fsp3) is 0.357. The molecule has 1 N–H and O–H groups in total. The number of aromatic amines is 1. The van der Waals surface area contributed by atoms with Gasteiger partial charge < -0.3 is 4.98 Å². The fourth-order valence-electron chi connectivity index (χ4n) is 1.95. The lowest BCUT2D eigenvalue weighted by molar-refractivity contribution is 0.546. The summed E-state index contributed by atoms with van der Waals surface area (Å²) in [7, 11) is 0. The largest absolute Gasteiger partial charge is 0.337 e. The van der Waals surface area contributed by atoms with Crippen LogP contribution in [0.2, 0.25) is 0 Å². The average molecular weight is 264 g/mol. The molecule has 0 unspecified atom stereocenters. The van der Waals surface area contributed by atoms with Crippen LogP contribution in [-0.4, -0.2) is 9.55 Å². The second kappa shape index (κ2) is 4.35. The number of hydrogen-bond acceptors (Lipinski definition) is 1. The van der Waals surface area contributed by atoms with E-state index in [0.717, 1.165) is 11.3 Å². The Morgan fingerprint density at radius 1 is 1.28 bits per heavy atom. The summed E-state index contributed by atoms with van der Waals surface area (Å²) in [6, 6.07) is 5.18. The first-order chi connectivity index (χ1) is 8.30. The van der Waals surface area contributed by atoms with Gasteiger partial charge in [-0.1, -0.05) is 26.8 Å². The third kappa shape index (κ3) is 2.25. The van der Waals surface area contributed by atoms with Gasteiger partial charge in [0.25, 0.3) is 0 Å². The Kier molecular flexibility index (Phi) is 3.15. The molecule has 0 spiro atoms. The Hall–Kier alpha value is -1.42. The number of imidazole rings is 1. The van der Waals surface area contributed by atoms with Gasteiger partial charge >= 0.3 is 0 Å². The quantitative estimate of drug-likeness (QED) is 0.762. The van der Waals surface area contributed by atoms with E-state index < -0.39 is 0 Å². The molecule has 18 heavy (non-hydrogen) atoms. The topological polar surface area (TPSA) is 20.7 Å². The highest BCUT2D eigenvalue weighted by molar-refractivity contribution is 7.71. The third-order valence-corrected chi connectivity index (χ3v) is 3.19. The molecule has 0 atom stereocenters. The van der Waals surface area contributed by atoms with Gasteiger partial charge in [-0.2, -0.15) is 0 Å². The lowest BCUT2D eigenvalue weighted by Gasteiger charge is -2.21. The Balaban J connectivity index is 2.71. The molecule has 0 amide bonds. The van der Waals surface area contributed by atoms with Crippen molar-refractivity contribution in [3.05, 3.63) is 46.2 Å². The Labute approximate surface area is 111 Å². The van der Waals surface area contributed by atoms with E-state index in [1.54, 1.807) is 10.6 Å². The van der Waals surface area contributed by atoms with E-state index >= 15 is 0 Å². The van der Waals surface area contributed by atoms with Crippen LogP contribution in [0.3, 0.4) is 0 Å². The molecule has 0 aliphatic rings. The highest BCUT2D eigenvalue weighted by Crippen LogP contribution is 2.26. The molecule has 0 radical (unpaired) electrons. The zero-order valence-electron chi connectivity index (χ0n) is 11.0. The van der Waals surface area contributed by atoms with Crippen molar-refractivity contribution >= 4 is 12.2 Å². The van der Waals surface area contributed by atoms with Crippen molar-refractivity contribution in [3.63, 3.8) is 0 Å². The molecule has 2 aromatic rings. The van der Waals surface area contributed by atoms with Crippen LogP contribution in [0.15, 0.2) is 24.4 Å². The van der Waals surface area contributed by atoms with Crippen molar-refractivity contribution in [1.29, 1.82) is 0 Å². The molecule has 0 bridgehead atoms. The molecule has 0 fully saturated rings. The van der Waals surface area contributed by atoms with Crippen LogP contribution in [0.4, 0.5) is 4.39 Å². The molecule has 2 nitrogen and oxygen atoms in total. The highest BCUT2D eigenvalue weighted by Gasteiger charge is 2.21. The van der Waals surface area contributed by atoms with Crippen molar-refractivity contribution < 1.29 is 4.39 Å². The number of halogens is 1. The number of H-pyrrole nitrogens is 1. The van der Waals surface area contributed by atoms with Crippen molar-refractivity contribution in [2.45, 2.75) is 33.1 Å². The average Bonchev–Trinajstić information content (AvgIpc) is 2.60. The number of nitrogens with one attached hydrogen (secondary N) is 1. The van der Waals surface area contributed by atoms with Crippen LogP contribution in [0, 0.1) is 17.5 Å². The molecular formula is C14H17FN2S. The van der Waals surface area contributed by atoms with Crippen molar-refractivity contribution in [1.82, 2.24) is 9.55 Å². The second-order valence-corrected chi connectivity index (χ2v) is 5.91. The van der Waals surface area contributed by atoms with E-state index in [9.17, 15) is 4.39 Å². The molecule has 0 aliphatic carbocycles. The van der Waals surface area contributed by atoms with E-state index in [2.05, 4.69) is 25.8 Å². The molecule has 0 saturated heterocycles. The number of aromatic nitrogens is 2. The molecule has 96 valence electrons. The van der Waals surface area contributed by atoms with E-state index in [1.165, 1.54) is 6.07 Å². The van der Waals surface area contributed by atoms with E-state index in [1.807, 2.05) is 19.2 Å². The molecule has 1 heterocycles. The number of aryl methyl sites for hydroxylation is 1. The van der Waals surface area contributed by atoms with Gasteiger partial charge in [-0.25, -0.2) is 4.39 Å². The summed E-state index contributed by atoms with van der Waals surface area (Å²) in [4.78, 5) is 3.00. The van der Waals surface area contributed by atoms with Gasteiger partial charge in [0.1, 0.15) is 5.82 Å². The summed E-state index contributed by atoms with van der Waals surface area (Å²) >= 11 is 5.26. The van der Waals surface area contributed by atoms with Crippen LogP contribution in [0.25, 0.3) is 5.69 Å². The molecule has 1 aromatic carbocycles. The number of rotatable bonds is 1. The van der Waals surface area contributed by atoms with Crippen molar-refractivity contribution in [3.8, 4) is 5.69 Å². The predicted molar refractivity (Wildman–Crippen MR) is 74.3 cm³/mol. The normalized spacial score (nSPS) is 11.8. The van der Waals surface area contributed by atoms with Gasteiger partial charge in [-0.15, -0.1) is 0 Å². The third-order valence-electron chi connectivity index (χ3n) is 2.89. The Morgan fingerprint density at radius 2 is 1.94 bits per heavy atom. The minimum Gasteiger partial charge on any atom is -0.337 e. The smallest absolute Gasteiger partial charge is 0.182 e. The number of benzene rings is 1. The van der Waals surface area contributed by atoms with Crippen LogP contribution in [0.1, 0.15) is 32.0 Å². The lowest BCUT2D eigenvalue weighted by Crippen LogP contribution is -2.17. The Bertz CT molecular complexity index is 632. The summed E-state index contributed by atoms with van der Waals surface area (Å²) < 4.78 is 16.4. The summed E-state index contributed by atoms with van der Waals surface area (Å²) in [5.41, 5.74) is 2.26. The van der Waals surface area contributed by atoms with Crippen molar-refractivity contribution in [2.24, 2.45) is 0 Å². The number of hydrogen-bond donors (Lipinski definition) is 1. The first-order valence-electron chi connectivity index (χ1n) is 5.88. The maximum atomic E-state index is 14.1. The Morgan fingerprint density at radius 3 is 2.50 bits per heavy atom. The first kappa shape index (κ1) is 13.0. The summed E-state index contributed by atoms with van der Waals surface area (Å²) in [5, 5.41) is 0. The predicted octanol–water partition coefficient (Wildman–Crippen LogP) is 4.28. The minimum atomic E-state index is -0.254. The van der Waals surface area contributed by atoms with Gasteiger partial charge in [-0.05, 0) is 36.8 Å². The van der Waals surface area contributed by atoms with E-state index in [0.29, 0.717) is 10.5 Å². The minimum absolute atomic E-state index is 0.106. The second-order valence-electron chi connectivity index (χ2n) is 5.52. The van der Waals surface area contributed by atoms with Crippen molar-refractivity contribution in [2.75, 3.05) is 0 Å². The summed E-state index contributed by atoms with van der Waals surface area (Å²) in [6.07, 6.45) is 1.85. The van der Waals surface area contributed by atoms with Crippen LogP contribution in [-0.2, 0) is 5.41 Å². The van der Waals surface area contributed by atoms with E-state index in [4.69, 9.17) is 12.2 Å². The number of nitrogens with zero attached hydrogens (tertiary/aromatic N) is 1. The van der Waals surface area contributed by atoms with Gasteiger partial charge in [0, 0.05) is 17.3 Å².